The number of phenolic OH excluding ortho intramolecular Hbond substituents is 1. The minimum Gasteiger partial charge on any atom is -0.507 e. The number of nitrogens with zero attached hydrogens (tertiary/aromatic N) is 1. The first-order valence-corrected chi connectivity index (χ1v) is 18.1. The zero-order chi connectivity index (χ0) is 41.2. The lowest BCUT2D eigenvalue weighted by molar-refractivity contribution is -0.122. The molecule has 0 radical (unpaired) electrons. The van der Waals surface area contributed by atoms with Gasteiger partial charge in [-0.05, 0) is 106 Å². The van der Waals surface area contributed by atoms with Gasteiger partial charge in [-0.25, -0.2) is 0 Å². The summed E-state index contributed by atoms with van der Waals surface area (Å²) in [5.74, 6) is -2.64. The number of ether oxygens (including phenoxy) is 2. The third-order valence-corrected chi connectivity index (χ3v) is 8.68. The predicted molar refractivity (Wildman–Crippen MR) is 212 cm³/mol. The van der Waals surface area contributed by atoms with Crippen molar-refractivity contribution in [1.29, 1.82) is 0 Å². The number of primary amides is 2. The first kappa shape index (κ1) is 46.2. The number of nitrogens with two attached hydrogens (primary N) is 2. The smallest absolute Gasteiger partial charge is 0.241 e. The molecule has 14 nitrogen and oxygen atoms in total. The molecule has 0 bridgehead atoms. The molecule has 4 unspecified atom stereocenters. The van der Waals surface area contributed by atoms with Gasteiger partial charge in [0.2, 0.25) is 17.7 Å². The van der Waals surface area contributed by atoms with Crippen molar-refractivity contribution < 1.29 is 44.0 Å². The van der Waals surface area contributed by atoms with Crippen LogP contribution in [0.4, 0.5) is 0 Å². The van der Waals surface area contributed by atoms with E-state index < -0.39 is 47.7 Å². The number of phenols is 1. The lowest BCUT2D eigenvalue weighted by atomic mass is 9.83. The van der Waals surface area contributed by atoms with E-state index in [4.69, 9.17) is 32.5 Å². The number of allylic oxidation sites excluding steroid dienone is 4. The van der Waals surface area contributed by atoms with Crippen molar-refractivity contribution in [3.05, 3.63) is 106 Å². The van der Waals surface area contributed by atoms with Crippen LogP contribution in [0.25, 0.3) is 5.57 Å². The molecule has 2 rings (SSSR count). The summed E-state index contributed by atoms with van der Waals surface area (Å²) in [4.78, 5) is 51.2. The van der Waals surface area contributed by atoms with Gasteiger partial charge in [0, 0.05) is 36.6 Å². The van der Waals surface area contributed by atoms with E-state index in [0.29, 0.717) is 46.6 Å². The maximum Gasteiger partial charge on any atom is 0.241 e. The summed E-state index contributed by atoms with van der Waals surface area (Å²) in [7, 11) is 5.27. The summed E-state index contributed by atoms with van der Waals surface area (Å²) in [6.07, 6.45) is 7.09. The van der Waals surface area contributed by atoms with Crippen LogP contribution in [0.2, 0.25) is 0 Å². The molecular formula is C40H54ClN5O9. The molecule has 4 atom stereocenters. The molecule has 0 spiro atoms. The highest BCUT2D eigenvalue weighted by Gasteiger charge is 2.33. The molecule has 1 aliphatic carbocycles. The summed E-state index contributed by atoms with van der Waals surface area (Å²) < 4.78 is 11.2. The van der Waals surface area contributed by atoms with E-state index in [-0.39, 0.29) is 42.9 Å². The second-order valence-electron chi connectivity index (χ2n) is 13.2. The number of aliphatic hydroxyl groups is 2. The van der Waals surface area contributed by atoms with Gasteiger partial charge in [-0.2, -0.15) is 0 Å². The highest BCUT2D eigenvalue weighted by molar-refractivity contribution is 6.25. The zero-order valence-electron chi connectivity index (χ0n) is 32.0. The van der Waals surface area contributed by atoms with E-state index in [2.05, 4.69) is 17.2 Å². The number of ketones is 1. The van der Waals surface area contributed by atoms with E-state index in [1.807, 2.05) is 19.0 Å². The van der Waals surface area contributed by atoms with Gasteiger partial charge in [-0.15, -0.1) is 0 Å². The summed E-state index contributed by atoms with van der Waals surface area (Å²) in [5, 5.41) is 39.2. The van der Waals surface area contributed by atoms with Crippen LogP contribution < -0.4 is 22.1 Å². The summed E-state index contributed by atoms with van der Waals surface area (Å²) in [6.45, 7) is 7.77. The quantitative estimate of drug-likeness (QED) is 0.0370. The van der Waals surface area contributed by atoms with E-state index in [1.165, 1.54) is 62.3 Å². The van der Waals surface area contributed by atoms with Crippen molar-refractivity contribution in [2.45, 2.75) is 57.8 Å². The van der Waals surface area contributed by atoms with Gasteiger partial charge in [0.1, 0.15) is 17.6 Å². The number of aliphatic hydroxyl groups excluding tert-OH is 2. The number of methoxy groups -OCH3 is 1. The Kier molecular flexibility index (Phi) is 19.3. The van der Waals surface area contributed by atoms with E-state index >= 15 is 0 Å². The number of benzene rings is 1. The molecule has 0 saturated carbocycles. The molecule has 0 aliphatic heterocycles. The molecule has 300 valence electrons. The Balaban J connectivity index is 2.42. The molecule has 15 heteroatoms. The van der Waals surface area contributed by atoms with E-state index in [9.17, 15) is 34.5 Å². The average Bonchev–Trinajstić information content (AvgIpc) is 3.12. The van der Waals surface area contributed by atoms with E-state index in [0.717, 1.165) is 6.54 Å². The molecule has 1 aromatic carbocycles. The lowest BCUT2D eigenvalue weighted by Gasteiger charge is -2.30. The first-order valence-electron chi connectivity index (χ1n) is 17.6. The monoisotopic (exact) mass is 783 g/mol. The Morgan fingerprint density at radius 2 is 1.89 bits per heavy atom. The summed E-state index contributed by atoms with van der Waals surface area (Å²) in [6, 6.07) is 3.49. The van der Waals surface area contributed by atoms with Crippen LogP contribution >= 0.6 is 11.6 Å². The van der Waals surface area contributed by atoms with Crippen LogP contribution in [-0.4, -0.2) is 103 Å². The van der Waals surface area contributed by atoms with Crippen LogP contribution in [-0.2, 0) is 35.1 Å². The standard InChI is InChI=1S/C40H54ClN5O9/c1-24(25(2)39(43)52)19-34(26(3)47)55-18-7-9-28(12-14-41)32(49)13-16-44-38(40(53)45-15-8-17-46(4)5)31-22-29(48)23-35(54-6)37(31)30-20-27(21-36(42)51)10-11-33(30)50/h7,9-12,14,18-20,22,25,29,32,38,44,48-50H,1,8,13,15-17,21,23H2,2-6H3,(H2,42,51)(H2,43,52)(H,45,53)/b14-12?,18-7?,28-9?,34-19+. The summed E-state index contributed by atoms with van der Waals surface area (Å²) >= 11 is 5.88. The topological polar surface area (TPSA) is 227 Å². The molecule has 1 aromatic rings. The van der Waals surface area contributed by atoms with E-state index in [1.54, 1.807) is 19.1 Å². The molecule has 9 N–H and O–H groups in total. The van der Waals surface area contributed by atoms with Crippen molar-refractivity contribution in [3.63, 3.8) is 0 Å². The van der Waals surface area contributed by atoms with Crippen molar-refractivity contribution in [1.82, 2.24) is 15.5 Å². The third-order valence-electron chi connectivity index (χ3n) is 8.56. The number of rotatable bonds is 23. The minimum atomic E-state index is -1.10. The van der Waals surface area contributed by atoms with Crippen molar-refractivity contribution >= 4 is 40.7 Å². The Morgan fingerprint density at radius 1 is 1.18 bits per heavy atom. The van der Waals surface area contributed by atoms with Gasteiger partial charge in [-0.1, -0.05) is 30.3 Å². The average molecular weight is 784 g/mol. The predicted octanol–water partition coefficient (Wildman–Crippen LogP) is 2.61. The number of nitrogens with one attached hydrogen (secondary N) is 2. The van der Waals surface area contributed by atoms with Crippen molar-refractivity contribution in [2.24, 2.45) is 17.4 Å². The van der Waals surface area contributed by atoms with Crippen molar-refractivity contribution in [2.75, 3.05) is 40.8 Å². The number of carbonyl (C=O) groups excluding carboxylic acids is 4. The molecule has 0 saturated heterocycles. The molecule has 1 aliphatic rings. The van der Waals surface area contributed by atoms with Crippen LogP contribution in [0, 0.1) is 5.92 Å². The lowest BCUT2D eigenvalue weighted by Crippen LogP contribution is -2.47. The molecular weight excluding hydrogens is 730 g/mol. The Labute approximate surface area is 327 Å². The van der Waals surface area contributed by atoms with Gasteiger partial charge in [0.05, 0.1) is 37.9 Å². The highest BCUT2D eigenvalue weighted by Crippen LogP contribution is 2.40. The second kappa shape index (κ2) is 23.0. The number of amides is 3. The Hall–Kier alpha value is -4.99. The number of Topliss-reactive ketones (excluding diaryl/α,β-unsaturated/α-hetero) is 1. The number of hydrogen-bond donors (Lipinski definition) is 7. The largest absolute Gasteiger partial charge is 0.507 e. The van der Waals surface area contributed by atoms with Gasteiger partial charge in [-0.3, -0.25) is 19.2 Å². The maximum absolute atomic E-state index is 13.9. The number of aromatic hydroxyl groups is 1. The maximum atomic E-state index is 13.9. The van der Waals surface area contributed by atoms with Crippen LogP contribution in [0.15, 0.2) is 95.2 Å². The number of carbonyl (C=O) groups is 4. The number of halogens is 1. The molecule has 0 fully saturated rings. The first-order chi connectivity index (χ1) is 26.0. The Morgan fingerprint density at radius 3 is 2.49 bits per heavy atom. The zero-order valence-corrected chi connectivity index (χ0v) is 32.8. The molecule has 3 amide bonds. The summed E-state index contributed by atoms with van der Waals surface area (Å²) in [5.41, 5.74) is 14.1. The fourth-order valence-corrected chi connectivity index (χ4v) is 5.67. The minimum absolute atomic E-state index is 0.0613. The van der Waals surface area contributed by atoms with Crippen molar-refractivity contribution in [3.8, 4) is 5.75 Å². The Bertz CT molecular complexity index is 1750. The molecule has 0 aromatic heterocycles. The van der Waals surface area contributed by atoms with Crippen LogP contribution in [0.1, 0.15) is 44.2 Å². The van der Waals surface area contributed by atoms with Gasteiger partial charge in [0.25, 0.3) is 0 Å². The third kappa shape index (κ3) is 15.0. The molecule has 0 heterocycles. The number of hydrogen-bond acceptors (Lipinski definition) is 11. The van der Waals surface area contributed by atoms with Gasteiger partial charge >= 0.3 is 0 Å². The fourth-order valence-electron chi connectivity index (χ4n) is 5.52. The molecule has 55 heavy (non-hydrogen) atoms. The highest BCUT2D eigenvalue weighted by atomic mass is 35.5. The van der Waals surface area contributed by atoms with Crippen LogP contribution in [0.5, 0.6) is 5.75 Å². The fraction of sp³-hybridized carbons (Fsp3) is 0.400. The van der Waals surface area contributed by atoms with Crippen LogP contribution in [0.3, 0.4) is 0 Å². The van der Waals surface area contributed by atoms with Gasteiger partial charge in [0.15, 0.2) is 11.5 Å². The normalized spacial score (nSPS) is 16.9. The van der Waals surface area contributed by atoms with Gasteiger partial charge < -0.3 is 51.8 Å². The second-order valence-corrected chi connectivity index (χ2v) is 13.5. The SMILES string of the molecule is C=C(/C=C(/OC=CC=C(C=CCl)C(O)CCNC(C(=O)NCCCN(C)C)C1=CC(O)CC(OC)=C1c1cc(CC(N)=O)ccc1O)C(C)=O)C(C)C(N)=O.